The average Bonchev–Trinajstić information content (AvgIpc) is 2.80. The molecule has 0 aliphatic heterocycles. The van der Waals surface area contributed by atoms with Gasteiger partial charge in [-0.1, -0.05) is 28.2 Å². The van der Waals surface area contributed by atoms with Crippen molar-refractivity contribution in [2.75, 3.05) is 0 Å². The van der Waals surface area contributed by atoms with Crippen molar-refractivity contribution in [2.24, 2.45) is 0 Å². The molecule has 9 heteroatoms. The number of halogens is 1. The zero-order valence-corrected chi connectivity index (χ0v) is 11.8. The third-order valence-electron chi connectivity index (χ3n) is 2.49. The molecule has 104 valence electrons. The lowest BCUT2D eigenvalue weighted by atomic mass is 10.1. The minimum Gasteiger partial charge on any atom is -0.455 e. The fourth-order valence-electron chi connectivity index (χ4n) is 1.56. The smallest absolute Gasteiger partial charge is 0.345 e. The SMILES string of the molecule is Cc1cccc(C(=O)OCc2nnsc2Cl)c1[N+](=O)[O-]. The number of nitrogens with zero attached hydrogens (tertiary/aromatic N) is 3. The van der Waals surface area contributed by atoms with E-state index in [-0.39, 0.29) is 17.9 Å². The molecule has 0 amide bonds. The summed E-state index contributed by atoms with van der Waals surface area (Å²) in [6.45, 7) is 1.37. The van der Waals surface area contributed by atoms with Crippen LogP contribution in [0.4, 0.5) is 5.69 Å². The van der Waals surface area contributed by atoms with Crippen molar-refractivity contribution < 1.29 is 14.5 Å². The Kier molecular flexibility index (Phi) is 4.26. The van der Waals surface area contributed by atoms with Crippen LogP contribution in [0.3, 0.4) is 0 Å². The molecule has 0 spiro atoms. The van der Waals surface area contributed by atoms with Crippen molar-refractivity contribution in [2.45, 2.75) is 13.5 Å². The number of nitro groups is 1. The Hall–Kier alpha value is -2.06. The van der Waals surface area contributed by atoms with Crippen LogP contribution < -0.4 is 0 Å². The molecule has 0 aliphatic rings. The number of nitro benzene ring substituents is 1. The minimum atomic E-state index is -0.801. The second kappa shape index (κ2) is 5.93. The topological polar surface area (TPSA) is 95.2 Å². The van der Waals surface area contributed by atoms with Crippen molar-refractivity contribution in [3.05, 3.63) is 49.5 Å². The van der Waals surface area contributed by atoms with E-state index in [4.69, 9.17) is 16.3 Å². The van der Waals surface area contributed by atoms with Gasteiger partial charge < -0.3 is 4.74 Å². The van der Waals surface area contributed by atoms with Gasteiger partial charge in [-0.05, 0) is 13.0 Å². The maximum atomic E-state index is 11.9. The highest BCUT2D eigenvalue weighted by Gasteiger charge is 2.24. The van der Waals surface area contributed by atoms with E-state index >= 15 is 0 Å². The molecule has 0 unspecified atom stereocenters. The van der Waals surface area contributed by atoms with Gasteiger partial charge in [0, 0.05) is 17.1 Å². The van der Waals surface area contributed by atoms with E-state index < -0.39 is 10.9 Å². The Labute approximate surface area is 122 Å². The van der Waals surface area contributed by atoms with E-state index in [1.54, 1.807) is 19.1 Å². The molecule has 0 fully saturated rings. The Balaban J connectivity index is 2.20. The van der Waals surface area contributed by atoms with Crippen LogP contribution in [0.15, 0.2) is 18.2 Å². The van der Waals surface area contributed by atoms with Gasteiger partial charge in [-0.3, -0.25) is 10.1 Å². The van der Waals surface area contributed by atoms with Gasteiger partial charge in [0.1, 0.15) is 22.2 Å². The van der Waals surface area contributed by atoms with Crippen molar-refractivity contribution in [1.29, 1.82) is 0 Å². The number of aryl methyl sites for hydroxylation is 1. The van der Waals surface area contributed by atoms with Gasteiger partial charge in [-0.2, -0.15) is 0 Å². The number of esters is 1. The van der Waals surface area contributed by atoms with Crippen molar-refractivity contribution in [3.63, 3.8) is 0 Å². The van der Waals surface area contributed by atoms with Gasteiger partial charge in [0.05, 0.1) is 4.92 Å². The lowest BCUT2D eigenvalue weighted by molar-refractivity contribution is -0.385. The minimum absolute atomic E-state index is 0.102. The summed E-state index contributed by atoms with van der Waals surface area (Å²) >= 11 is 6.74. The first kappa shape index (κ1) is 14.4. The van der Waals surface area contributed by atoms with Crippen LogP contribution >= 0.6 is 23.1 Å². The maximum absolute atomic E-state index is 11.9. The fraction of sp³-hybridized carbons (Fsp3) is 0.182. The number of benzene rings is 1. The van der Waals surface area contributed by atoms with E-state index in [1.807, 2.05) is 0 Å². The van der Waals surface area contributed by atoms with Gasteiger partial charge in [0.15, 0.2) is 0 Å². The van der Waals surface area contributed by atoms with Gasteiger partial charge in [-0.15, -0.1) is 5.10 Å². The van der Waals surface area contributed by atoms with E-state index in [0.717, 1.165) is 11.5 Å². The number of ether oxygens (including phenoxy) is 1. The van der Waals surface area contributed by atoms with Crippen molar-refractivity contribution >= 4 is 34.8 Å². The standard InChI is InChI=1S/C11H8ClN3O4S/c1-6-3-2-4-7(9(6)15(17)18)11(16)19-5-8-10(12)20-14-13-8/h2-4H,5H2,1H3. The normalized spacial score (nSPS) is 10.3. The summed E-state index contributed by atoms with van der Waals surface area (Å²) in [6.07, 6.45) is 0. The molecule has 2 rings (SSSR count). The highest BCUT2D eigenvalue weighted by atomic mass is 35.5. The Morgan fingerprint density at radius 1 is 1.55 bits per heavy atom. The molecule has 20 heavy (non-hydrogen) atoms. The first-order chi connectivity index (χ1) is 9.50. The molecule has 0 N–H and O–H groups in total. The number of aromatic nitrogens is 2. The zero-order valence-electron chi connectivity index (χ0n) is 10.2. The van der Waals surface area contributed by atoms with Crippen molar-refractivity contribution in [3.8, 4) is 0 Å². The average molecular weight is 314 g/mol. The van der Waals surface area contributed by atoms with Gasteiger partial charge in [0.25, 0.3) is 5.69 Å². The number of para-hydroxylation sites is 1. The number of hydrogen-bond donors (Lipinski definition) is 0. The summed E-state index contributed by atoms with van der Waals surface area (Å²) in [4.78, 5) is 22.3. The second-order valence-electron chi connectivity index (χ2n) is 3.80. The summed E-state index contributed by atoms with van der Waals surface area (Å²) in [5.41, 5.74) is 0.340. The predicted octanol–water partition coefficient (Wildman–Crippen LogP) is 2.77. The Morgan fingerprint density at radius 3 is 2.90 bits per heavy atom. The number of carbonyl (C=O) groups is 1. The molecule has 0 aliphatic carbocycles. The number of hydrogen-bond acceptors (Lipinski definition) is 7. The third kappa shape index (κ3) is 2.91. The molecule has 7 nitrogen and oxygen atoms in total. The summed E-state index contributed by atoms with van der Waals surface area (Å²) in [5.74, 6) is -0.801. The van der Waals surface area contributed by atoms with Crippen LogP contribution in [0, 0.1) is 17.0 Å². The fourth-order valence-corrected chi connectivity index (χ4v) is 2.16. The van der Waals surface area contributed by atoms with Crippen LogP contribution in [0.5, 0.6) is 0 Å². The monoisotopic (exact) mass is 313 g/mol. The lowest BCUT2D eigenvalue weighted by Crippen LogP contribution is -2.09. The molecular weight excluding hydrogens is 306 g/mol. The first-order valence-corrected chi connectivity index (χ1v) is 6.53. The van der Waals surface area contributed by atoms with E-state index in [2.05, 4.69) is 9.59 Å². The second-order valence-corrected chi connectivity index (χ2v) is 5.15. The van der Waals surface area contributed by atoms with Gasteiger partial charge >= 0.3 is 5.97 Å². The van der Waals surface area contributed by atoms with E-state index in [0.29, 0.717) is 15.6 Å². The third-order valence-corrected chi connectivity index (χ3v) is 3.47. The summed E-state index contributed by atoms with van der Waals surface area (Å²) in [6, 6.07) is 4.45. The molecule has 0 saturated heterocycles. The first-order valence-electron chi connectivity index (χ1n) is 5.38. The molecule has 0 radical (unpaired) electrons. The molecule has 0 saturated carbocycles. The number of carbonyl (C=O) groups excluding carboxylic acids is 1. The highest BCUT2D eigenvalue weighted by molar-refractivity contribution is 7.10. The summed E-state index contributed by atoms with van der Waals surface area (Å²) in [5, 5.41) is 14.7. The largest absolute Gasteiger partial charge is 0.455 e. The Morgan fingerprint density at radius 2 is 2.30 bits per heavy atom. The molecule has 1 aromatic heterocycles. The maximum Gasteiger partial charge on any atom is 0.345 e. The van der Waals surface area contributed by atoms with Crippen LogP contribution in [-0.4, -0.2) is 20.5 Å². The summed E-state index contributed by atoms with van der Waals surface area (Å²) < 4.78 is 8.88. The Bertz CT molecular complexity index is 673. The van der Waals surface area contributed by atoms with Crippen LogP contribution in [0.1, 0.15) is 21.6 Å². The van der Waals surface area contributed by atoms with E-state index in [1.165, 1.54) is 6.07 Å². The molecule has 1 heterocycles. The summed E-state index contributed by atoms with van der Waals surface area (Å²) in [7, 11) is 0. The highest BCUT2D eigenvalue weighted by Crippen LogP contribution is 2.24. The van der Waals surface area contributed by atoms with Gasteiger partial charge in [0.2, 0.25) is 0 Å². The van der Waals surface area contributed by atoms with Gasteiger partial charge in [-0.25, -0.2) is 4.79 Å². The molecule has 1 aromatic carbocycles. The molecule has 0 bridgehead atoms. The van der Waals surface area contributed by atoms with Crippen molar-refractivity contribution in [1.82, 2.24) is 9.59 Å². The van der Waals surface area contributed by atoms with Crippen LogP contribution in [0.25, 0.3) is 0 Å². The quantitative estimate of drug-likeness (QED) is 0.489. The number of rotatable bonds is 4. The lowest BCUT2D eigenvalue weighted by Gasteiger charge is -2.05. The molecule has 2 aromatic rings. The van der Waals surface area contributed by atoms with Crippen LogP contribution in [-0.2, 0) is 11.3 Å². The molecular formula is C11H8ClN3O4S. The molecule has 0 atom stereocenters. The van der Waals surface area contributed by atoms with E-state index in [9.17, 15) is 14.9 Å². The zero-order chi connectivity index (χ0) is 14.7. The predicted molar refractivity (Wildman–Crippen MR) is 71.9 cm³/mol. The van der Waals surface area contributed by atoms with Crippen LogP contribution in [0.2, 0.25) is 4.34 Å².